The molecule has 17 heavy (non-hydrogen) atoms. The molecule has 0 aliphatic rings. The van der Waals surface area contributed by atoms with Crippen LogP contribution in [-0.4, -0.2) is 34.6 Å². The van der Waals surface area contributed by atoms with Crippen molar-refractivity contribution in [2.45, 2.75) is 26.2 Å². The Morgan fingerprint density at radius 3 is 2.59 bits per heavy atom. The summed E-state index contributed by atoms with van der Waals surface area (Å²) in [6.45, 7) is 2.59. The van der Waals surface area contributed by atoms with Crippen LogP contribution >= 0.6 is 0 Å². The number of hydrogen-bond acceptors (Lipinski definition) is 3. The van der Waals surface area contributed by atoms with Crippen LogP contribution in [0.4, 0.5) is 0 Å². The molecule has 0 heterocycles. The maximum Gasteiger partial charge on any atom is 0.222 e. The Balaban J connectivity index is 2.50. The zero-order valence-electron chi connectivity index (χ0n) is 10.3. The molecule has 1 aromatic carbocycles. The van der Waals surface area contributed by atoms with E-state index in [1.165, 1.54) is 12.1 Å². The van der Waals surface area contributed by atoms with Gasteiger partial charge in [0.2, 0.25) is 5.91 Å². The van der Waals surface area contributed by atoms with Gasteiger partial charge < -0.3 is 15.1 Å². The SMILES string of the molecule is CCCC(=O)N(C)CCc1ccc(O)c(O)c1. The summed E-state index contributed by atoms with van der Waals surface area (Å²) in [6, 6.07) is 4.72. The first-order valence-corrected chi connectivity index (χ1v) is 5.79. The molecule has 0 unspecified atom stereocenters. The van der Waals surface area contributed by atoms with E-state index in [0.717, 1.165) is 12.0 Å². The summed E-state index contributed by atoms with van der Waals surface area (Å²) in [4.78, 5) is 13.2. The number of phenolic OH excluding ortho intramolecular Hbond substituents is 2. The predicted molar refractivity (Wildman–Crippen MR) is 66.0 cm³/mol. The van der Waals surface area contributed by atoms with Crippen molar-refractivity contribution in [2.24, 2.45) is 0 Å². The van der Waals surface area contributed by atoms with E-state index in [1.807, 2.05) is 6.92 Å². The van der Waals surface area contributed by atoms with E-state index < -0.39 is 0 Å². The predicted octanol–water partition coefficient (Wildman–Crippen LogP) is 1.90. The van der Waals surface area contributed by atoms with Gasteiger partial charge in [-0.25, -0.2) is 0 Å². The van der Waals surface area contributed by atoms with Gasteiger partial charge in [0.1, 0.15) is 0 Å². The number of rotatable bonds is 5. The van der Waals surface area contributed by atoms with E-state index >= 15 is 0 Å². The van der Waals surface area contributed by atoms with Gasteiger partial charge in [-0.05, 0) is 30.5 Å². The molecule has 94 valence electrons. The highest BCUT2D eigenvalue weighted by atomic mass is 16.3. The van der Waals surface area contributed by atoms with Crippen LogP contribution in [0.3, 0.4) is 0 Å². The molecule has 0 atom stereocenters. The molecule has 2 N–H and O–H groups in total. The lowest BCUT2D eigenvalue weighted by Gasteiger charge is -2.16. The van der Waals surface area contributed by atoms with Gasteiger partial charge in [0.05, 0.1) is 0 Å². The highest BCUT2D eigenvalue weighted by Crippen LogP contribution is 2.24. The maximum absolute atomic E-state index is 11.5. The molecule has 0 fully saturated rings. The molecular weight excluding hydrogens is 218 g/mol. The quantitative estimate of drug-likeness (QED) is 0.769. The highest BCUT2D eigenvalue weighted by Gasteiger charge is 2.07. The maximum atomic E-state index is 11.5. The zero-order chi connectivity index (χ0) is 12.8. The van der Waals surface area contributed by atoms with Crippen LogP contribution in [0.2, 0.25) is 0 Å². The Morgan fingerprint density at radius 2 is 2.00 bits per heavy atom. The van der Waals surface area contributed by atoms with Gasteiger partial charge in [-0.1, -0.05) is 13.0 Å². The molecule has 0 bridgehead atoms. The normalized spacial score (nSPS) is 10.2. The lowest BCUT2D eigenvalue weighted by Crippen LogP contribution is -2.28. The second-order valence-electron chi connectivity index (χ2n) is 4.14. The first-order chi connectivity index (χ1) is 8.04. The third-order valence-electron chi connectivity index (χ3n) is 2.67. The van der Waals surface area contributed by atoms with Crippen molar-refractivity contribution in [1.29, 1.82) is 0 Å². The van der Waals surface area contributed by atoms with Crippen LogP contribution in [0, 0.1) is 0 Å². The molecule has 1 rings (SSSR count). The van der Waals surface area contributed by atoms with Crippen LogP contribution in [0.25, 0.3) is 0 Å². The minimum atomic E-state index is -0.121. The number of benzene rings is 1. The van der Waals surface area contributed by atoms with Gasteiger partial charge >= 0.3 is 0 Å². The van der Waals surface area contributed by atoms with Gasteiger partial charge in [0, 0.05) is 20.0 Å². The average Bonchev–Trinajstić information content (AvgIpc) is 2.30. The Bertz CT molecular complexity index is 390. The summed E-state index contributed by atoms with van der Waals surface area (Å²) in [7, 11) is 1.78. The van der Waals surface area contributed by atoms with Crippen molar-refractivity contribution in [3.63, 3.8) is 0 Å². The first-order valence-electron chi connectivity index (χ1n) is 5.79. The van der Waals surface area contributed by atoms with Gasteiger partial charge in [-0.2, -0.15) is 0 Å². The zero-order valence-corrected chi connectivity index (χ0v) is 10.3. The van der Waals surface area contributed by atoms with Crippen molar-refractivity contribution in [3.05, 3.63) is 23.8 Å². The second-order valence-corrected chi connectivity index (χ2v) is 4.14. The fourth-order valence-corrected chi connectivity index (χ4v) is 1.55. The van der Waals surface area contributed by atoms with Crippen molar-refractivity contribution in [2.75, 3.05) is 13.6 Å². The van der Waals surface area contributed by atoms with Gasteiger partial charge in [-0.3, -0.25) is 4.79 Å². The van der Waals surface area contributed by atoms with E-state index in [2.05, 4.69) is 0 Å². The lowest BCUT2D eigenvalue weighted by molar-refractivity contribution is -0.129. The van der Waals surface area contributed by atoms with Crippen LogP contribution in [0.1, 0.15) is 25.3 Å². The Morgan fingerprint density at radius 1 is 1.29 bits per heavy atom. The van der Waals surface area contributed by atoms with Crippen molar-refractivity contribution in [1.82, 2.24) is 4.90 Å². The fraction of sp³-hybridized carbons (Fsp3) is 0.462. The molecule has 0 saturated carbocycles. The molecule has 0 saturated heterocycles. The standard InChI is InChI=1S/C13H19NO3/c1-3-4-13(17)14(2)8-7-10-5-6-11(15)12(16)9-10/h5-6,9,15-16H,3-4,7-8H2,1-2H3. The Labute approximate surface area is 101 Å². The largest absolute Gasteiger partial charge is 0.504 e. The molecule has 0 radical (unpaired) electrons. The van der Waals surface area contributed by atoms with E-state index in [-0.39, 0.29) is 17.4 Å². The lowest BCUT2D eigenvalue weighted by atomic mass is 10.1. The first kappa shape index (κ1) is 13.4. The van der Waals surface area contributed by atoms with Crippen molar-refractivity contribution < 1.29 is 15.0 Å². The highest BCUT2D eigenvalue weighted by molar-refractivity contribution is 5.75. The molecule has 0 aliphatic carbocycles. The number of carbonyl (C=O) groups excluding carboxylic acids is 1. The molecule has 4 heteroatoms. The monoisotopic (exact) mass is 237 g/mol. The molecule has 0 aromatic heterocycles. The number of carbonyl (C=O) groups is 1. The molecular formula is C13H19NO3. The van der Waals surface area contributed by atoms with Crippen LogP contribution in [-0.2, 0) is 11.2 Å². The van der Waals surface area contributed by atoms with Gasteiger partial charge in [-0.15, -0.1) is 0 Å². The number of phenols is 2. The molecule has 1 amide bonds. The summed E-state index contributed by atoms with van der Waals surface area (Å²) < 4.78 is 0. The fourth-order valence-electron chi connectivity index (χ4n) is 1.55. The third kappa shape index (κ3) is 3.98. The van der Waals surface area contributed by atoms with Crippen LogP contribution in [0.5, 0.6) is 11.5 Å². The van der Waals surface area contributed by atoms with E-state index in [0.29, 0.717) is 19.4 Å². The summed E-state index contributed by atoms with van der Waals surface area (Å²) in [5, 5.41) is 18.5. The summed E-state index contributed by atoms with van der Waals surface area (Å²) >= 11 is 0. The number of nitrogens with zero attached hydrogens (tertiary/aromatic N) is 1. The van der Waals surface area contributed by atoms with Crippen molar-refractivity contribution in [3.8, 4) is 11.5 Å². The second kappa shape index (κ2) is 6.13. The smallest absolute Gasteiger partial charge is 0.222 e. The summed E-state index contributed by atoms with van der Waals surface area (Å²) in [5.74, 6) is -0.107. The minimum absolute atomic E-state index is 0.120. The van der Waals surface area contributed by atoms with E-state index in [1.54, 1.807) is 18.0 Å². The topological polar surface area (TPSA) is 60.8 Å². The van der Waals surface area contributed by atoms with Crippen LogP contribution < -0.4 is 0 Å². The third-order valence-corrected chi connectivity index (χ3v) is 2.67. The van der Waals surface area contributed by atoms with E-state index in [4.69, 9.17) is 5.11 Å². The number of hydrogen-bond donors (Lipinski definition) is 2. The number of amides is 1. The average molecular weight is 237 g/mol. The molecule has 1 aromatic rings. The minimum Gasteiger partial charge on any atom is -0.504 e. The number of aromatic hydroxyl groups is 2. The van der Waals surface area contributed by atoms with Crippen molar-refractivity contribution >= 4 is 5.91 Å². The number of likely N-dealkylation sites (N-methyl/N-ethyl adjacent to an activating group) is 1. The summed E-state index contributed by atoms with van der Waals surface area (Å²) in [5.41, 5.74) is 0.899. The summed E-state index contributed by atoms with van der Waals surface area (Å²) in [6.07, 6.45) is 2.08. The van der Waals surface area contributed by atoms with E-state index in [9.17, 15) is 9.90 Å². The van der Waals surface area contributed by atoms with Gasteiger partial charge in [0.15, 0.2) is 11.5 Å². The molecule has 4 nitrogen and oxygen atoms in total. The molecule has 0 aliphatic heterocycles. The molecule has 0 spiro atoms. The Kier molecular flexibility index (Phi) is 4.82. The van der Waals surface area contributed by atoms with Gasteiger partial charge in [0.25, 0.3) is 0 Å². The Hall–Kier alpha value is -1.71. The van der Waals surface area contributed by atoms with Crippen LogP contribution in [0.15, 0.2) is 18.2 Å².